The Labute approximate surface area is 101 Å². The van der Waals surface area contributed by atoms with E-state index in [1.807, 2.05) is 0 Å². The molecule has 0 saturated carbocycles. The maximum Gasteiger partial charge on any atom is 0.269 e. The van der Waals surface area contributed by atoms with Crippen LogP contribution in [0.15, 0.2) is 29.2 Å². The second-order valence-electron chi connectivity index (χ2n) is 4.36. The quantitative estimate of drug-likeness (QED) is 0.764. The summed E-state index contributed by atoms with van der Waals surface area (Å²) in [5, 5.41) is 4.16. The van der Waals surface area contributed by atoms with E-state index in [0.717, 1.165) is 24.4 Å². The van der Waals surface area contributed by atoms with Crippen molar-refractivity contribution in [1.29, 1.82) is 0 Å². The Morgan fingerprint density at radius 2 is 2.18 bits per heavy atom. The van der Waals surface area contributed by atoms with Crippen molar-refractivity contribution in [2.24, 2.45) is 5.73 Å². The maximum atomic E-state index is 11.8. The zero-order valence-electron chi connectivity index (χ0n) is 9.93. The van der Waals surface area contributed by atoms with Crippen LogP contribution in [-0.4, -0.2) is 29.4 Å². The van der Waals surface area contributed by atoms with Crippen LogP contribution in [-0.2, 0) is 6.54 Å². The molecule has 5 nitrogen and oxygen atoms in total. The number of hydrogen-bond donors (Lipinski definition) is 1. The Hall–Kier alpha value is -1.62. The van der Waals surface area contributed by atoms with Gasteiger partial charge in [-0.2, -0.15) is 5.10 Å². The van der Waals surface area contributed by atoms with Gasteiger partial charge in [0.1, 0.15) is 0 Å². The largest absolute Gasteiger partial charge is 0.370 e. The van der Waals surface area contributed by atoms with Crippen LogP contribution in [0.3, 0.4) is 0 Å². The van der Waals surface area contributed by atoms with E-state index < -0.39 is 0 Å². The van der Waals surface area contributed by atoms with Gasteiger partial charge in [-0.25, -0.2) is 4.68 Å². The molecule has 92 valence electrons. The predicted molar refractivity (Wildman–Crippen MR) is 68.1 cm³/mol. The number of nitrogens with zero attached hydrogens (tertiary/aromatic N) is 3. The van der Waals surface area contributed by atoms with E-state index in [1.54, 1.807) is 12.3 Å². The minimum absolute atomic E-state index is 0.0935. The molecule has 1 saturated heterocycles. The normalized spacial score (nSPS) is 15.2. The first-order chi connectivity index (χ1) is 8.20. The van der Waals surface area contributed by atoms with Crippen molar-refractivity contribution in [3.05, 3.63) is 34.8 Å². The standard InChI is InChI=1S/C12H18N4O/c1-10(7-13)9-16-12(17)6-11(8-14-16)15-4-2-3-5-15/h6,8H,1-5,7,9,13H2. The summed E-state index contributed by atoms with van der Waals surface area (Å²) in [6.45, 7) is 6.58. The molecule has 0 atom stereocenters. The van der Waals surface area contributed by atoms with Crippen LogP contribution in [0.5, 0.6) is 0 Å². The Morgan fingerprint density at radius 1 is 1.47 bits per heavy atom. The molecule has 1 fully saturated rings. The van der Waals surface area contributed by atoms with Gasteiger partial charge in [0.05, 0.1) is 18.4 Å². The SMILES string of the molecule is C=C(CN)Cn1ncc(N2CCCC2)cc1=O. The molecule has 0 amide bonds. The lowest BCUT2D eigenvalue weighted by Gasteiger charge is -2.17. The van der Waals surface area contributed by atoms with Gasteiger partial charge in [0.25, 0.3) is 5.56 Å². The van der Waals surface area contributed by atoms with Gasteiger partial charge < -0.3 is 10.6 Å². The lowest BCUT2D eigenvalue weighted by Crippen LogP contribution is -2.27. The molecule has 17 heavy (non-hydrogen) atoms. The average Bonchev–Trinajstić information content (AvgIpc) is 2.85. The fourth-order valence-corrected chi connectivity index (χ4v) is 1.97. The molecule has 1 aromatic heterocycles. The van der Waals surface area contributed by atoms with Crippen molar-refractivity contribution in [2.75, 3.05) is 24.5 Å². The zero-order valence-corrected chi connectivity index (χ0v) is 9.93. The summed E-state index contributed by atoms with van der Waals surface area (Å²) in [6, 6.07) is 1.64. The molecule has 0 radical (unpaired) electrons. The van der Waals surface area contributed by atoms with Crippen molar-refractivity contribution in [1.82, 2.24) is 9.78 Å². The van der Waals surface area contributed by atoms with Gasteiger partial charge in [0.2, 0.25) is 0 Å². The highest BCUT2D eigenvalue weighted by atomic mass is 16.1. The van der Waals surface area contributed by atoms with Crippen LogP contribution in [0.2, 0.25) is 0 Å². The molecule has 1 aromatic rings. The first kappa shape index (κ1) is 11.9. The van der Waals surface area contributed by atoms with Crippen LogP contribution in [0.4, 0.5) is 5.69 Å². The monoisotopic (exact) mass is 234 g/mol. The van der Waals surface area contributed by atoms with Gasteiger partial charge in [0, 0.05) is 25.7 Å². The van der Waals surface area contributed by atoms with Gasteiger partial charge in [-0.15, -0.1) is 0 Å². The third-order valence-electron chi connectivity index (χ3n) is 2.99. The fourth-order valence-electron chi connectivity index (χ4n) is 1.97. The number of rotatable bonds is 4. The second kappa shape index (κ2) is 5.14. The van der Waals surface area contributed by atoms with Crippen molar-refractivity contribution in [2.45, 2.75) is 19.4 Å². The lowest BCUT2D eigenvalue weighted by atomic mass is 10.3. The van der Waals surface area contributed by atoms with Crippen molar-refractivity contribution in [3.63, 3.8) is 0 Å². The first-order valence-corrected chi connectivity index (χ1v) is 5.89. The molecule has 0 spiro atoms. The highest BCUT2D eigenvalue weighted by Crippen LogP contribution is 2.16. The molecule has 0 aliphatic carbocycles. The minimum atomic E-state index is -0.0935. The van der Waals surface area contributed by atoms with Gasteiger partial charge in [-0.3, -0.25) is 4.79 Å². The summed E-state index contributed by atoms with van der Waals surface area (Å²) in [6.07, 6.45) is 4.12. The first-order valence-electron chi connectivity index (χ1n) is 5.89. The molecule has 1 aliphatic rings. The van der Waals surface area contributed by atoms with E-state index in [-0.39, 0.29) is 5.56 Å². The van der Waals surface area contributed by atoms with Crippen LogP contribution >= 0.6 is 0 Å². The van der Waals surface area contributed by atoms with E-state index in [9.17, 15) is 4.79 Å². The van der Waals surface area contributed by atoms with Crippen molar-refractivity contribution >= 4 is 5.69 Å². The Bertz CT molecular complexity index is 460. The van der Waals surface area contributed by atoms with Gasteiger partial charge in [-0.1, -0.05) is 6.58 Å². The Morgan fingerprint density at radius 3 is 2.76 bits per heavy atom. The number of nitrogens with two attached hydrogens (primary N) is 1. The number of aromatic nitrogens is 2. The summed E-state index contributed by atoms with van der Waals surface area (Å²) < 4.78 is 1.40. The molecule has 2 heterocycles. The van der Waals surface area contributed by atoms with E-state index >= 15 is 0 Å². The molecular formula is C12H18N4O. The van der Waals surface area contributed by atoms with Gasteiger partial charge in [-0.05, 0) is 18.4 Å². The summed E-state index contributed by atoms with van der Waals surface area (Å²) in [4.78, 5) is 14.0. The van der Waals surface area contributed by atoms with Gasteiger partial charge >= 0.3 is 0 Å². The fraction of sp³-hybridized carbons (Fsp3) is 0.500. The van der Waals surface area contributed by atoms with Crippen LogP contribution in [0.25, 0.3) is 0 Å². The zero-order chi connectivity index (χ0) is 12.3. The Balaban J connectivity index is 2.16. The molecule has 0 bridgehead atoms. The average molecular weight is 234 g/mol. The summed E-state index contributed by atoms with van der Waals surface area (Å²) in [5.74, 6) is 0. The van der Waals surface area contributed by atoms with Crippen LogP contribution in [0, 0.1) is 0 Å². The van der Waals surface area contributed by atoms with Crippen molar-refractivity contribution in [3.8, 4) is 0 Å². The van der Waals surface area contributed by atoms with E-state index in [4.69, 9.17) is 5.73 Å². The Kier molecular flexibility index (Phi) is 3.58. The van der Waals surface area contributed by atoms with E-state index in [0.29, 0.717) is 13.1 Å². The molecule has 5 heteroatoms. The van der Waals surface area contributed by atoms with E-state index in [2.05, 4.69) is 16.6 Å². The molecule has 2 rings (SSSR count). The smallest absolute Gasteiger partial charge is 0.269 e. The molecule has 2 N–H and O–H groups in total. The molecule has 1 aliphatic heterocycles. The maximum absolute atomic E-state index is 11.8. The van der Waals surface area contributed by atoms with E-state index in [1.165, 1.54) is 17.5 Å². The number of anilines is 1. The summed E-state index contributed by atoms with van der Waals surface area (Å²) in [7, 11) is 0. The molecule has 0 aromatic carbocycles. The van der Waals surface area contributed by atoms with Crippen molar-refractivity contribution < 1.29 is 0 Å². The van der Waals surface area contributed by atoms with Gasteiger partial charge in [0.15, 0.2) is 0 Å². The third-order valence-corrected chi connectivity index (χ3v) is 2.99. The number of hydrogen-bond acceptors (Lipinski definition) is 4. The van der Waals surface area contributed by atoms with Crippen LogP contribution in [0.1, 0.15) is 12.8 Å². The minimum Gasteiger partial charge on any atom is -0.370 e. The highest BCUT2D eigenvalue weighted by Gasteiger charge is 2.13. The topological polar surface area (TPSA) is 64.2 Å². The summed E-state index contributed by atoms with van der Waals surface area (Å²) >= 11 is 0. The summed E-state index contributed by atoms with van der Waals surface area (Å²) in [5.41, 5.74) is 7.07. The highest BCUT2D eigenvalue weighted by molar-refractivity contribution is 5.43. The third kappa shape index (κ3) is 2.74. The molecular weight excluding hydrogens is 216 g/mol. The predicted octanol–water partition coefficient (Wildman–Crippen LogP) is 0.358. The second-order valence-corrected chi connectivity index (χ2v) is 4.36. The molecule has 0 unspecified atom stereocenters. The van der Waals surface area contributed by atoms with Crippen LogP contribution < -0.4 is 16.2 Å². The lowest BCUT2D eigenvalue weighted by molar-refractivity contribution is 0.625.